The van der Waals surface area contributed by atoms with Crippen molar-refractivity contribution in [1.82, 2.24) is 10.2 Å². The number of nitrogens with one attached hydrogen (secondary N) is 2. The molecule has 1 saturated carbocycles. The lowest BCUT2D eigenvalue weighted by Crippen LogP contribution is -2.14. The number of hydrogen-bond acceptors (Lipinski definition) is 5. The molecule has 0 spiro atoms. The van der Waals surface area contributed by atoms with E-state index in [-0.39, 0.29) is 10.8 Å². The summed E-state index contributed by atoms with van der Waals surface area (Å²) < 4.78 is 24.1. The molecule has 118 valence electrons. The number of carbonyl (C=O) groups is 1. The molecule has 8 heteroatoms. The molecule has 0 bridgehead atoms. The highest BCUT2D eigenvalue weighted by atomic mass is 32.2. The zero-order valence-corrected chi connectivity index (χ0v) is 13.9. The molecule has 2 N–H and O–H groups in total. The Hall–Kier alpha value is -1.67. The number of sulfone groups is 1. The van der Waals surface area contributed by atoms with Crippen molar-refractivity contribution in [3.8, 4) is 0 Å². The van der Waals surface area contributed by atoms with Crippen molar-refractivity contribution in [2.24, 2.45) is 0 Å². The SMILES string of the molecule is CC(C)S(=O)(=O)c1csc(C(=O)Nc2cc(C3CC3)[nH]n2)c1. The van der Waals surface area contributed by atoms with Crippen LogP contribution in [0.1, 0.15) is 48.0 Å². The van der Waals surface area contributed by atoms with Crippen LogP contribution in [-0.4, -0.2) is 29.8 Å². The Labute approximate surface area is 132 Å². The van der Waals surface area contributed by atoms with Gasteiger partial charge in [0.2, 0.25) is 0 Å². The normalized spacial score (nSPS) is 15.2. The minimum atomic E-state index is -3.35. The van der Waals surface area contributed by atoms with Gasteiger partial charge in [0.05, 0.1) is 15.0 Å². The van der Waals surface area contributed by atoms with Gasteiger partial charge in [-0.15, -0.1) is 11.3 Å². The predicted molar refractivity (Wildman–Crippen MR) is 85.2 cm³/mol. The number of rotatable bonds is 5. The Bertz CT molecular complexity index is 801. The maximum Gasteiger partial charge on any atom is 0.266 e. The molecule has 2 aromatic heterocycles. The van der Waals surface area contributed by atoms with Gasteiger partial charge in [0.1, 0.15) is 0 Å². The van der Waals surface area contributed by atoms with Gasteiger partial charge in [0.15, 0.2) is 15.7 Å². The van der Waals surface area contributed by atoms with Crippen molar-refractivity contribution in [1.29, 1.82) is 0 Å². The molecule has 0 radical (unpaired) electrons. The summed E-state index contributed by atoms with van der Waals surface area (Å²) >= 11 is 1.12. The summed E-state index contributed by atoms with van der Waals surface area (Å²) in [4.78, 5) is 12.7. The molecule has 0 aliphatic heterocycles. The van der Waals surface area contributed by atoms with Gasteiger partial charge in [-0.1, -0.05) is 0 Å². The summed E-state index contributed by atoms with van der Waals surface area (Å²) in [6.07, 6.45) is 2.30. The molecule has 6 nitrogen and oxygen atoms in total. The minimum absolute atomic E-state index is 0.193. The first-order valence-electron chi connectivity index (χ1n) is 7.07. The van der Waals surface area contributed by atoms with Gasteiger partial charge in [0, 0.05) is 23.1 Å². The van der Waals surface area contributed by atoms with E-state index in [0.29, 0.717) is 16.6 Å². The Kier molecular flexibility index (Phi) is 3.82. The largest absolute Gasteiger partial charge is 0.304 e. The molecular formula is C14H17N3O3S2. The fourth-order valence-electron chi connectivity index (χ4n) is 2.04. The van der Waals surface area contributed by atoms with Crippen molar-refractivity contribution in [2.45, 2.75) is 42.8 Å². The van der Waals surface area contributed by atoms with Crippen LogP contribution in [0.2, 0.25) is 0 Å². The molecule has 0 unspecified atom stereocenters. The second-order valence-corrected chi connectivity index (χ2v) is 9.09. The summed E-state index contributed by atoms with van der Waals surface area (Å²) in [5.41, 5.74) is 1.03. The van der Waals surface area contributed by atoms with Crippen LogP contribution in [0.5, 0.6) is 0 Å². The quantitative estimate of drug-likeness (QED) is 0.876. The Morgan fingerprint density at radius 1 is 1.41 bits per heavy atom. The number of anilines is 1. The van der Waals surface area contributed by atoms with Crippen molar-refractivity contribution in [3.05, 3.63) is 28.1 Å². The van der Waals surface area contributed by atoms with Gasteiger partial charge in [-0.2, -0.15) is 5.10 Å². The zero-order chi connectivity index (χ0) is 15.9. The van der Waals surface area contributed by atoms with E-state index in [2.05, 4.69) is 15.5 Å². The number of aromatic amines is 1. The van der Waals surface area contributed by atoms with Crippen LogP contribution < -0.4 is 5.32 Å². The lowest BCUT2D eigenvalue weighted by atomic mass is 10.3. The van der Waals surface area contributed by atoms with E-state index in [1.54, 1.807) is 13.8 Å². The average molecular weight is 339 g/mol. The van der Waals surface area contributed by atoms with Gasteiger partial charge in [-0.25, -0.2) is 8.42 Å². The smallest absolute Gasteiger partial charge is 0.266 e. The van der Waals surface area contributed by atoms with Crippen LogP contribution in [-0.2, 0) is 9.84 Å². The Morgan fingerprint density at radius 2 is 2.14 bits per heavy atom. The third-order valence-electron chi connectivity index (χ3n) is 3.60. The number of aromatic nitrogens is 2. The number of nitrogens with zero attached hydrogens (tertiary/aromatic N) is 1. The molecule has 2 aromatic rings. The first-order valence-corrected chi connectivity index (χ1v) is 9.49. The molecule has 0 saturated heterocycles. The maximum absolute atomic E-state index is 12.2. The van der Waals surface area contributed by atoms with Crippen LogP contribution in [0.3, 0.4) is 0 Å². The maximum atomic E-state index is 12.2. The highest BCUT2D eigenvalue weighted by Crippen LogP contribution is 2.39. The van der Waals surface area contributed by atoms with Gasteiger partial charge < -0.3 is 5.32 Å². The fraction of sp³-hybridized carbons (Fsp3) is 0.429. The summed E-state index contributed by atoms with van der Waals surface area (Å²) in [5.74, 6) is 0.653. The first kappa shape index (κ1) is 15.2. The third-order valence-corrected chi connectivity index (χ3v) is 6.82. The average Bonchev–Trinajstić information content (AvgIpc) is 3.01. The van der Waals surface area contributed by atoms with E-state index in [9.17, 15) is 13.2 Å². The topological polar surface area (TPSA) is 91.9 Å². The third kappa shape index (κ3) is 2.93. The van der Waals surface area contributed by atoms with E-state index >= 15 is 0 Å². The second kappa shape index (κ2) is 5.51. The fourth-order valence-corrected chi connectivity index (χ4v) is 4.29. The monoisotopic (exact) mass is 339 g/mol. The molecule has 1 fully saturated rings. The van der Waals surface area contributed by atoms with Gasteiger partial charge in [-0.3, -0.25) is 9.89 Å². The number of thiophene rings is 1. The Morgan fingerprint density at radius 3 is 2.77 bits per heavy atom. The van der Waals surface area contributed by atoms with E-state index in [1.165, 1.54) is 11.4 Å². The van der Waals surface area contributed by atoms with Crippen LogP contribution in [0.25, 0.3) is 0 Å². The minimum Gasteiger partial charge on any atom is -0.304 e. The van der Waals surface area contributed by atoms with Gasteiger partial charge in [0.25, 0.3) is 5.91 Å². The lowest BCUT2D eigenvalue weighted by Gasteiger charge is -2.04. The molecule has 3 rings (SSSR count). The van der Waals surface area contributed by atoms with E-state index < -0.39 is 15.1 Å². The predicted octanol–water partition coefficient (Wildman–Crippen LogP) is 2.78. The molecular weight excluding hydrogens is 322 g/mol. The van der Waals surface area contributed by atoms with E-state index in [1.807, 2.05) is 6.07 Å². The Balaban J connectivity index is 1.73. The van der Waals surface area contributed by atoms with E-state index in [0.717, 1.165) is 29.9 Å². The number of amides is 1. The molecule has 0 aromatic carbocycles. The van der Waals surface area contributed by atoms with Crippen LogP contribution in [0.4, 0.5) is 5.82 Å². The summed E-state index contributed by atoms with van der Waals surface area (Å²) in [7, 11) is -3.35. The molecule has 1 amide bonds. The number of carbonyl (C=O) groups excluding carboxylic acids is 1. The number of H-pyrrole nitrogens is 1. The lowest BCUT2D eigenvalue weighted by molar-refractivity contribution is 0.103. The highest BCUT2D eigenvalue weighted by Gasteiger charge is 2.26. The van der Waals surface area contributed by atoms with Crippen molar-refractivity contribution >= 4 is 32.9 Å². The number of hydrogen-bond donors (Lipinski definition) is 2. The molecule has 1 aliphatic rings. The summed E-state index contributed by atoms with van der Waals surface area (Å²) in [6.45, 7) is 3.24. The van der Waals surface area contributed by atoms with Crippen LogP contribution in [0.15, 0.2) is 22.4 Å². The van der Waals surface area contributed by atoms with Crippen LogP contribution >= 0.6 is 11.3 Å². The van der Waals surface area contributed by atoms with Crippen molar-refractivity contribution < 1.29 is 13.2 Å². The van der Waals surface area contributed by atoms with Gasteiger partial charge >= 0.3 is 0 Å². The van der Waals surface area contributed by atoms with Gasteiger partial charge in [-0.05, 0) is 32.8 Å². The summed E-state index contributed by atoms with van der Waals surface area (Å²) in [6, 6.07) is 3.25. The first-order chi connectivity index (χ1) is 10.4. The second-order valence-electron chi connectivity index (χ2n) is 5.68. The molecule has 22 heavy (non-hydrogen) atoms. The summed E-state index contributed by atoms with van der Waals surface area (Å²) in [5, 5.41) is 10.7. The molecule has 2 heterocycles. The molecule has 1 aliphatic carbocycles. The highest BCUT2D eigenvalue weighted by molar-refractivity contribution is 7.92. The van der Waals surface area contributed by atoms with Crippen LogP contribution in [0, 0.1) is 0 Å². The van der Waals surface area contributed by atoms with Crippen molar-refractivity contribution in [2.75, 3.05) is 5.32 Å². The molecule has 0 atom stereocenters. The van der Waals surface area contributed by atoms with E-state index in [4.69, 9.17) is 0 Å². The zero-order valence-electron chi connectivity index (χ0n) is 12.3. The van der Waals surface area contributed by atoms with Crippen molar-refractivity contribution in [3.63, 3.8) is 0 Å². The standard InChI is InChI=1S/C14H17N3O3S2/c1-8(2)22(19,20)10-5-12(21-7-10)14(18)15-13-6-11(16-17-13)9-3-4-9/h5-9H,3-4H2,1-2H3,(H2,15,16,17,18).